The second kappa shape index (κ2) is 8.63. The van der Waals surface area contributed by atoms with Gasteiger partial charge >= 0.3 is 0 Å². The van der Waals surface area contributed by atoms with Crippen molar-refractivity contribution in [2.75, 3.05) is 11.1 Å². The number of aromatic nitrogens is 2. The average molecular weight is 391 g/mol. The summed E-state index contributed by atoms with van der Waals surface area (Å²) in [6.45, 7) is 1.64. The maximum Gasteiger partial charge on any atom is 0.277 e. The minimum atomic E-state index is -0.662. The Balaban J connectivity index is 1.53. The second-order valence-corrected chi connectivity index (χ2v) is 6.37. The number of hydrogen-bond acceptors (Lipinski definition) is 6. The van der Waals surface area contributed by atoms with Crippen LogP contribution in [0.1, 0.15) is 18.9 Å². The summed E-state index contributed by atoms with van der Waals surface area (Å²) in [5, 5.41) is 10.4. The number of amides is 1. The number of anilines is 1. The van der Waals surface area contributed by atoms with E-state index in [1.807, 2.05) is 0 Å². The highest BCUT2D eigenvalue weighted by Gasteiger charge is 2.18. The highest BCUT2D eigenvalue weighted by Crippen LogP contribution is 2.25. The maximum absolute atomic E-state index is 13.6. The summed E-state index contributed by atoms with van der Waals surface area (Å²) >= 11 is 1.02. The van der Waals surface area contributed by atoms with Crippen molar-refractivity contribution in [2.24, 2.45) is 0 Å². The molecular formula is C18H15F2N3O3S. The fourth-order valence-corrected chi connectivity index (χ4v) is 2.68. The van der Waals surface area contributed by atoms with Gasteiger partial charge in [-0.25, -0.2) is 8.78 Å². The molecule has 0 saturated carbocycles. The van der Waals surface area contributed by atoms with Crippen LogP contribution in [0, 0.1) is 11.6 Å². The van der Waals surface area contributed by atoms with Gasteiger partial charge < -0.3 is 14.5 Å². The van der Waals surface area contributed by atoms with Gasteiger partial charge in [0, 0.05) is 5.69 Å². The molecule has 0 unspecified atom stereocenters. The van der Waals surface area contributed by atoms with Crippen molar-refractivity contribution in [1.29, 1.82) is 0 Å². The Hall–Kier alpha value is -2.94. The quantitative estimate of drug-likeness (QED) is 0.608. The summed E-state index contributed by atoms with van der Waals surface area (Å²) in [5.74, 6) is -1.04. The molecule has 1 heterocycles. The highest BCUT2D eigenvalue weighted by molar-refractivity contribution is 7.99. The van der Waals surface area contributed by atoms with Crippen LogP contribution in [-0.4, -0.2) is 21.9 Å². The van der Waals surface area contributed by atoms with Crippen LogP contribution in [0.25, 0.3) is 0 Å². The second-order valence-electron chi connectivity index (χ2n) is 5.44. The SMILES string of the molecule is C[C@@H](Oc1ccccc1F)c1nnc(SCC(=O)Nc2cccc(F)c2)o1. The van der Waals surface area contributed by atoms with E-state index in [4.69, 9.17) is 9.15 Å². The van der Waals surface area contributed by atoms with Gasteiger partial charge in [0.1, 0.15) is 5.82 Å². The van der Waals surface area contributed by atoms with E-state index in [1.165, 1.54) is 30.3 Å². The molecule has 1 aromatic heterocycles. The smallest absolute Gasteiger partial charge is 0.277 e. The molecular weight excluding hydrogens is 376 g/mol. The van der Waals surface area contributed by atoms with Crippen LogP contribution in [0.2, 0.25) is 0 Å². The van der Waals surface area contributed by atoms with Crippen molar-refractivity contribution in [3.05, 3.63) is 66.1 Å². The van der Waals surface area contributed by atoms with Gasteiger partial charge in [0.05, 0.1) is 5.75 Å². The number of benzene rings is 2. The number of rotatable bonds is 7. The third-order valence-corrected chi connectivity index (χ3v) is 4.16. The maximum atomic E-state index is 13.6. The number of nitrogens with zero attached hydrogens (tertiary/aromatic N) is 2. The molecule has 27 heavy (non-hydrogen) atoms. The Kier molecular flexibility index (Phi) is 6.02. The Labute approximate surface area is 157 Å². The van der Waals surface area contributed by atoms with Gasteiger partial charge in [-0.1, -0.05) is 30.0 Å². The third kappa shape index (κ3) is 5.27. The Morgan fingerprint density at radius 3 is 2.81 bits per heavy atom. The predicted molar refractivity (Wildman–Crippen MR) is 95.5 cm³/mol. The van der Waals surface area contributed by atoms with Gasteiger partial charge in [0.2, 0.25) is 5.91 Å². The molecule has 0 aliphatic rings. The van der Waals surface area contributed by atoms with Crippen LogP contribution >= 0.6 is 11.8 Å². The van der Waals surface area contributed by atoms with Crippen LogP contribution in [0.15, 0.2) is 58.2 Å². The minimum absolute atomic E-state index is 0.000693. The summed E-state index contributed by atoms with van der Waals surface area (Å²) < 4.78 is 37.6. The lowest BCUT2D eigenvalue weighted by atomic mass is 10.3. The zero-order valence-electron chi connectivity index (χ0n) is 14.2. The molecule has 0 saturated heterocycles. The van der Waals surface area contributed by atoms with Crippen molar-refractivity contribution < 1.29 is 22.7 Å². The lowest BCUT2D eigenvalue weighted by Crippen LogP contribution is -2.14. The average Bonchev–Trinajstić information content (AvgIpc) is 3.11. The molecule has 0 bridgehead atoms. The van der Waals surface area contributed by atoms with Crippen LogP contribution in [0.5, 0.6) is 5.75 Å². The van der Waals surface area contributed by atoms with E-state index >= 15 is 0 Å². The summed E-state index contributed by atoms with van der Waals surface area (Å²) in [4.78, 5) is 11.9. The van der Waals surface area contributed by atoms with Gasteiger partial charge in [-0.15, -0.1) is 10.2 Å². The molecule has 1 atom stereocenters. The molecule has 0 spiro atoms. The number of carbonyl (C=O) groups excluding carboxylic acids is 1. The van der Waals surface area contributed by atoms with Crippen molar-refractivity contribution in [3.8, 4) is 5.75 Å². The van der Waals surface area contributed by atoms with Crippen LogP contribution in [0.3, 0.4) is 0 Å². The van der Waals surface area contributed by atoms with Crippen molar-refractivity contribution in [3.63, 3.8) is 0 Å². The molecule has 0 fully saturated rings. The van der Waals surface area contributed by atoms with E-state index in [9.17, 15) is 13.6 Å². The first-order chi connectivity index (χ1) is 13.0. The van der Waals surface area contributed by atoms with Crippen LogP contribution in [0.4, 0.5) is 14.5 Å². The molecule has 3 aromatic rings. The molecule has 140 valence electrons. The first-order valence-corrected chi connectivity index (χ1v) is 8.92. The number of para-hydroxylation sites is 1. The Morgan fingerprint density at radius 2 is 2.04 bits per heavy atom. The molecule has 9 heteroatoms. The lowest BCUT2D eigenvalue weighted by Gasteiger charge is -2.11. The number of hydrogen-bond donors (Lipinski definition) is 1. The van der Waals surface area contributed by atoms with Gasteiger partial charge in [-0.05, 0) is 37.3 Å². The Bertz CT molecular complexity index is 935. The van der Waals surface area contributed by atoms with Gasteiger partial charge in [-0.3, -0.25) is 4.79 Å². The third-order valence-electron chi connectivity index (χ3n) is 3.35. The molecule has 6 nitrogen and oxygen atoms in total. The van der Waals surface area contributed by atoms with E-state index < -0.39 is 17.7 Å². The van der Waals surface area contributed by atoms with Gasteiger partial charge in [0.25, 0.3) is 11.1 Å². The molecule has 3 rings (SSSR count). The van der Waals surface area contributed by atoms with Crippen LogP contribution in [-0.2, 0) is 4.79 Å². The summed E-state index contributed by atoms with van der Waals surface area (Å²) in [6, 6.07) is 11.6. The molecule has 1 amide bonds. The standard InChI is InChI=1S/C18H15F2N3O3S/c1-11(25-15-8-3-2-7-14(15)20)17-22-23-18(26-17)27-10-16(24)21-13-6-4-5-12(19)9-13/h2-9,11H,10H2,1H3,(H,21,24)/t11-/m1/s1. The number of carbonyl (C=O) groups is 1. The fourth-order valence-electron chi connectivity index (χ4n) is 2.11. The molecule has 0 aliphatic heterocycles. The first kappa shape index (κ1) is 18.8. The topological polar surface area (TPSA) is 77.2 Å². The predicted octanol–water partition coefficient (Wildman–Crippen LogP) is 4.22. The summed E-state index contributed by atoms with van der Waals surface area (Å²) in [5.41, 5.74) is 0.360. The van der Waals surface area contributed by atoms with Crippen LogP contribution < -0.4 is 10.1 Å². The van der Waals surface area contributed by atoms with Crippen molar-refractivity contribution in [1.82, 2.24) is 10.2 Å². The summed E-state index contributed by atoms with van der Waals surface area (Å²) in [6.07, 6.45) is -0.662. The number of ether oxygens (including phenoxy) is 1. The van der Waals surface area contributed by atoms with E-state index in [0.29, 0.717) is 5.69 Å². The first-order valence-electron chi connectivity index (χ1n) is 7.94. The monoisotopic (exact) mass is 391 g/mol. The largest absolute Gasteiger partial charge is 0.478 e. The van der Waals surface area contributed by atoms with E-state index in [0.717, 1.165) is 11.8 Å². The molecule has 0 aliphatic carbocycles. The normalized spacial score (nSPS) is 11.8. The number of thioether (sulfide) groups is 1. The molecule has 2 aromatic carbocycles. The van der Waals surface area contributed by atoms with Crippen molar-refractivity contribution in [2.45, 2.75) is 18.3 Å². The number of nitrogens with one attached hydrogen (secondary N) is 1. The Morgan fingerprint density at radius 1 is 1.22 bits per heavy atom. The van der Waals surface area contributed by atoms with Gasteiger partial charge in [0.15, 0.2) is 17.7 Å². The zero-order valence-corrected chi connectivity index (χ0v) is 15.0. The fraction of sp³-hybridized carbons (Fsp3) is 0.167. The lowest BCUT2D eigenvalue weighted by molar-refractivity contribution is -0.113. The minimum Gasteiger partial charge on any atom is -0.478 e. The van der Waals surface area contributed by atoms with Gasteiger partial charge in [-0.2, -0.15) is 0 Å². The van der Waals surface area contributed by atoms with E-state index in [1.54, 1.807) is 25.1 Å². The van der Waals surface area contributed by atoms with E-state index in [2.05, 4.69) is 15.5 Å². The zero-order chi connectivity index (χ0) is 19.2. The van der Waals surface area contributed by atoms with E-state index in [-0.39, 0.29) is 28.5 Å². The number of halogens is 2. The summed E-state index contributed by atoms with van der Waals surface area (Å²) in [7, 11) is 0. The molecule has 0 radical (unpaired) electrons. The highest BCUT2D eigenvalue weighted by atomic mass is 32.2. The van der Waals surface area contributed by atoms with Crippen molar-refractivity contribution >= 4 is 23.4 Å². The molecule has 1 N–H and O–H groups in total.